The number of benzene rings is 2. The Morgan fingerprint density at radius 1 is 0.958 bits per heavy atom. The molecule has 0 amide bonds. The number of aryl methyl sites for hydroxylation is 1. The zero-order chi connectivity index (χ0) is 17.7. The lowest BCUT2D eigenvalue weighted by Crippen LogP contribution is -2.09. The molecule has 0 N–H and O–H groups in total. The summed E-state index contributed by atoms with van der Waals surface area (Å²) in [7, 11) is 1.47. The van der Waals surface area contributed by atoms with Gasteiger partial charge in [-0.1, -0.05) is 29.8 Å². The minimum Gasteiger partial charge on any atom is -0.497 e. The molecule has 0 bridgehead atoms. The Hall–Kier alpha value is -2.76. The molecule has 0 fully saturated rings. The van der Waals surface area contributed by atoms with Gasteiger partial charge in [0.2, 0.25) is 0 Å². The molecular formula is C18H15F3O3. The summed E-state index contributed by atoms with van der Waals surface area (Å²) in [5.74, 6) is -0.909. The first kappa shape index (κ1) is 17.6. The van der Waals surface area contributed by atoms with E-state index in [-0.39, 0.29) is 17.2 Å². The van der Waals surface area contributed by atoms with Gasteiger partial charge in [0.25, 0.3) is 0 Å². The van der Waals surface area contributed by atoms with Crippen LogP contribution in [0.25, 0.3) is 5.76 Å². The lowest BCUT2D eigenvalue weighted by atomic mass is 10.1. The number of halogens is 3. The van der Waals surface area contributed by atoms with Crippen molar-refractivity contribution >= 4 is 11.7 Å². The van der Waals surface area contributed by atoms with E-state index in [0.29, 0.717) is 5.75 Å². The average Bonchev–Trinajstić information content (AvgIpc) is 2.53. The van der Waals surface area contributed by atoms with Crippen LogP contribution in [0.15, 0.2) is 54.6 Å². The van der Waals surface area contributed by atoms with Gasteiger partial charge in [-0.3, -0.25) is 0 Å². The maximum atomic E-state index is 12.7. The molecule has 2 rings (SSSR count). The molecule has 0 unspecified atom stereocenters. The van der Waals surface area contributed by atoms with E-state index >= 15 is 0 Å². The van der Waals surface area contributed by atoms with Crippen molar-refractivity contribution in [2.45, 2.75) is 13.1 Å². The first-order valence-electron chi connectivity index (χ1n) is 7.01. The number of esters is 1. The number of ether oxygens (including phenoxy) is 2. The smallest absolute Gasteiger partial charge is 0.413 e. The van der Waals surface area contributed by atoms with Gasteiger partial charge in [-0.15, -0.1) is 0 Å². The molecule has 0 radical (unpaired) electrons. The van der Waals surface area contributed by atoms with Crippen LogP contribution in [0.1, 0.15) is 21.5 Å². The highest BCUT2D eigenvalue weighted by Gasteiger charge is 2.27. The van der Waals surface area contributed by atoms with Crippen LogP contribution in [0.3, 0.4) is 0 Å². The number of methoxy groups -OCH3 is 1. The summed E-state index contributed by atoms with van der Waals surface area (Å²) in [6.45, 7) is 1.81. The van der Waals surface area contributed by atoms with Crippen LogP contribution < -0.4 is 4.74 Å². The van der Waals surface area contributed by atoms with Crippen LogP contribution in [0.4, 0.5) is 13.2 Å². The number of alkyl halides is 3. The molecule has 0 aliphatic rings. The molecule has 2 aromatic rings. The van der Waals surface area contributed by atoms with Gasteiger partial charge in [-0.05, 0) is 31.2 Å². The van der Waals surface area contributed by atoms with Gasteiger partial charge in [0.1, 0.15) is 11.5 Å². The Balaban J connectivity index is 2.29. The second-order valence-electron chi connectivity index (χ2n) is 5.03. The van der Waals surface area contributed by atoms with Crippen molar-refractivity contribution in [1.29, 1.82) is 0 Å². The van der Waals surface area contributed by atoms with Crippen LogP contribution in [-0.4, -0.2) is 19.3 Å². The zero-order valence-electron chi connectivity index (χ0n) is 13.1. The van der Waals surface area contributed by atoms with Crippen molar-refractivity contribution in [1.82, 2.24) is 0 Å². The van der Waals surface area contributed by atoms with Crippen LogP contribution in [0.2, 0.25) is 0 Å². The average molecular weight is 336 g/mol. The highest BCUT2D eigenvalue weighted by Crippen LogP contribution is 2.26. The standard InChI is InChI=1S/C18H15F3O3/c1-12-3-5-13(6-4-12)16(11-18(19,20)21)24-17(22)14-7-9-15(23-2)10-8-14/h3-11H,1-2H3/b16-11+. The Kier molecular flexibility index (Phi) is 5.28. The Bertz CT molecular complexity index is 730. The Morgan fingerprint density at radius 3 is 2.00 bits per heavy atom. The molecule has 0 aliphatic carbocycles. The van der Waals surface area contributed by atoms with E-state index in [0.717, 1.165) is 5.56 Å². The fourth-order valence-corrected chi connectivity index (χ4v) is 1.92. The Labute approximate surface area is 137 Å². The van der Waals surface area contributed by atoms with E-state index in [1.165, 1.54) is 43.5 Å². The minimum atomic E-state index is -4.61. The molecule has 6 heteroatoms. The summed E-state index contributed by atoms with van der Waals surface area (Å²) in [6.07, 6.45) is -4.64. The van der Waals surface area contributed by atoms with Gasteiger partial charge in [0.15, 0.2) is 0 Å². The molecule has 0 atom stereocenters. The number of carbonyl (C=O) groups is 1. The maximum Gasteiger partial charge on any atom is 0.413 e. The van der Waals surface area contributed by atoms with Gasteiger partial charge in [-0.25, -0.2) is 4.79 Å². The molecule has 24 heavy (non-hydrogen) atoms. The van der Waals surface area contributed by atoms with E-state index < -0.39 is 17.9 Å². The summed E-state index contributed by atoms with van der Waals surface area (Å²) in [5.41, 5.74) is 1.17. The molecule has 126 valence electrons. The SMILES string of the molecule is COc1ccc(C(=O)O/C(=C/C(F)(F)F)c2ccc(C)cc2)cc1. The highest BCUT2D eigenvalue weighted by atomic mass is 19.4. The van der Waals surface area contributed by atoms with Crippen LogP contribution in [0.5, 0.6) is 5.75 Å². The van der Waals surface area contributed by atoms with Crippen molar-refractivity contribution < 1.29 is 27.4 Å². The second kappa shape index (κ2) is 7.21. The second-order valence-corrected chi connectivity index (χ2v) is 5.03. The lowest BCUT2D eigenvalue weighted by molar-refractivity contribution is -0.0802. The van der Waals surface area contributed by atoms with Crippen LogP contribution in [-0.2, 0) is 4.74 Å². The number of hydrogen-bond acceptors (Lipinski definition) is 3. The number of rotatable bonds is 4. The first-order chi connectivity index (χ1) is 11.3. The summed E-state index contributed by atoms with van der Waals surface area (Å²) in [4.78, 5) is 12.1. The molecule has 0 saturated heterocycles. The molecule has 0 heterocycles. The van der Waals surface area contributed by atoms with Gasteiger partial charge in [0, 0.05) is 5.56 Å². The van der Waals surface area contributed by atoms with Crippen molar-refractivity contribution in [2.24, 2.45) is 0 Å². The highest BCUT2D eigenvalue weighted by molar-refractivity contribution is 5.93. The minimum absolute atomic E-state index is 0.0287. The molecule has 2 aromatic carbocycles. The molecule has 0 saturated carbocycles. The number of hydrogen-bond donors (Lipinski definition) is 0. The maximum absolute atomic E-state index is 12.7. The van der Waals surface area contributed by atoms with Crippen molar-refractivity contribution in [3.63, 3.8) is 0 Å². The predicted molar refractivity (Wildman–Crippen MR) is 83.6 cm³/mol. The van der Waals surface area contributed by atoms with E-state index in [4.69, 9.17) is 9.47 Å². The van der Waals surface area contributed by atoms with E-state index in [1.54, 1.807) is 19.1 Å². The molecular weight excluding hydrogens is 321 g/mol. The van der Waals surface area contributed by atoms with E-state index in [9.17, 15) is 18.0 Å². The van der Waals surface area contributed by atoms with Gasteiger partial charge >= 0.3 is 12.1 Å². The third kappa shape index (κ3) is 4.87. The monoisotopic (exact) mass is 336 g/mol. The van der Waals surface area contributed by atoms with Crippen molar-refractivity contribution in [3.8, 4) is 5.75 Å². The predicted octanol–water partition coefficient (Wildman–Crippen LogP) is 4.76. The third-order valence-corrected chi connectivity index (χ3v) is 3.16. The summed E-state index contributed by atoms with van der Waals surface area (Å²) in [6, 6.07) is 12.1. The lowest BCUT2D eigenvalue weighted by Gasteiger charge is -2.11. The van der Waals surface area contributed by atoms with E-state index in [2.05, 4.69) is 0 Å². The normalized spacial score (nSPS) is 12.0. The van der Waals surface area contributed by atoms with Crippen LogP contribution in [0, 0.1) is 6.92 Å². The van der Waals surface area contributed by atoms with Crippen molar-refractivity contribution in [3.05, 3.63) is 71.3 Å². The first-order valence-corrected chi connectivity index (χ1v) is 7.01. The fourth-order valence-electron chi connectivity index (χ4n) is 1.92. The molecule has 0 spiro atoms. The molecule has 0 aliphatic heterocycles. The summed E-state index contributed by atoms with van der Waals surface area (Å²) >= 11 is 0. The largest absolute Gasteiger partial charge is 0.497 e. The molecule has 0 aromatic heterocycles. The Morgan fingerprint density at radius 2 is 1.50 bits per heavy atom. The third-order valence-electron chi connectivity index (χ3n) is 3.16. The van der Waals surface area contributed by atoms with Gasteiger partial charge in [-0.2, -0.15) is 13.2 Å². The van der Waals surface area contributed by atoms with Crippen molar-refractivity contribution in [2.75, 3.05) is 7.11 Å². The van der Waals surface area contributed by atoms with Crippen LogP contribution >= 0.6 is 0 Å². The zero-order valence-corrected chi connectivity index (χ0v) is 13.1. The number of allylic oxidation sites excluding steroid dienone is 1. The fraction of sp³-hybridized carbons (Fsp3) is 0.167. The molecule has 3 nitrogen and oxygen atoms in total. The van der Waals surface area contributed by atoms with Gasteiger partial charge < -0.3 is 9.47 Å². The summed E-state index contributed by atoms with van der Waals surface area (Å²) < 4.78 is 48.2. The van der Waals surface area contributed by atoms with Gasteiger partial charge in [0.05, 0.1) is 18.7 Å². The van der Waals surface area contributed by atoms with E-state index in [1.807, 2.05) is 0 Å². The quantitative estimate of drug-likeness (QED) is 0.596. The number of carbonyl (C=O) groups excluding carboxylic acids is 1. The summed E-state index contributed by atoms with van der Waals surface area (Å²) in [5, 5.41) is 0. The topological polar surface area (TPSA) is 35.5 Å².